The van der Waals surface area contributed by atoms with Crippen molar-refractivity contribution in [3.8, 4) is 0 Å². The smallest absolute Gasteiger partial charge is 0.332 e. The highest BCUT2D eigenvalue weighted by Crippen LogP contribution is 2.24. The van der Waals surface area contributed by atoms with Gasteiger partial charge in [0.2, 0.25) is 5.95 Å². The van der Waals surface area contributed by atoms with Crippen molar-refractivity contribution in [1.29, 1.82) is 0 Å². The minimum Gasteiger partial charge on any atom is -0.341 e. The zero-order valence-electron chi connectivity index (χ0n) is 21.5. The van der Waals surface area contributed by atoms with E-state index >= 15 is 0 Å². The third-order valence-electron chi connectivity index (χ3n) is 7.28. The first-order chi connectivity index (χ1) is 18.4. The Morgan fingerprint density at radius 2 is 1.71 bits per heavy atom. The van der Waals surface area contributed by atoms with Gasteiger partial charge in [0.25, 0.3) is 5.56 Å². The van der Waals surface area contributed by atoms with Crippen LogP contribution in [0.1, 0.15) is 29.9 Å². The van der Waals surface area contributed by atoms with Gasteiger partial charge < -0.3 is 10.6 Å². The molecule has 0 aliphatic carbocycles. The number of nitrogens with zero attached hydrogens (tertiary/aromatic N) is 7. The fourth-order valence-electron chi connectivity index (χ4n) is 5.36. The Morgan fingerprint density at radius 1 is 0.947 bits per heavy atom. The molecule has 4 heterocycles. The molecule has 1 aliphatic rings. The second-order valence-electron chi connectivity index (χ2n) is 9.98. The van der Waals surface area contributed by atoms with Crippen molar-refractivity contribution in [3.05, 3.63) is 92.5 Å². The van der Waals surface area contributed by atoms with Gasteiger partial charge >= 0.3 is 5.69 Å². The number of nitrogens with two attached hydrogens (primary N) is 1. The lowest BCUT2D eigenvalue weighted by Gasteiger charge is -2.31. The van der Waals surface area contributed by atoms with Gasteiger partial charge in [-0.15, -0.1) is 0 Å². The maximum absolute atomic E-state index is 14.0. The predicted molar refractivity (Wildman–Crippen MR) is 148 cm³/mol. The second-order valence-corrected chi connectivity index (χ2v) is 9.98. The molecule has 0 bridgehead atoms. The van der Waals surface area contributed by atoms with Crippen molar-refractivity contribution < 1.29 is 0 Å². The molecular formula is C28H30N8O2. The fraction of sp³-hybridized carbons (Fsp3) is 0.321. The number of imidazole rings is 1. The van der Waals surface area contributed by atoms with Crippen LogP contribution in [0.3, 0.4) is 0 Å². The van der Waals surface area contributed by atoms with Gasteiger partial charge in [0.15, 0.2) is 11.2 Å². The average Bonchev–Trinajstić information content (AvgIpc) is 3.30. The largest absolute Gasteiger partial charge is 0.341 e. The molecular weight excluding hydrogens is 480 g/mol. The standard InChI is InChI=1S/C28H30N8O2/c1-18-21-12-6-7-13-22(21)31-23(30-18)17-36-26(37)24-25(33(2)28(36)38)32-27(34-14-8-11-20(29)16-34)35(24)15-19-9-4-3-5-10-19/h3-7,9-10,12-13,20H,8,11,14-17,29H2,1-2H3/t20-/m1/s1. The van der Waals surface area contributed by atoms with Crippen molar-refractivity contribution in [2.45, 2.75) is 38.9 Å². The molecule has 0 radical (unpaired) electrons. The molecule has 10 heteroatoms. The number of hydrogen-bond acceptors (Lipinski definition) is 7. The van der Waals surface area contributed by atoms with Gasteiger partial charge in [-0.25, -0.2) is 14.8 Å². The summed E-state index contributed by atoms with van der Waals surface area (Å²) in [5, 5.41) is 0.942. The highest BCUT2D eigenvalue weighted by atomic mass is 16.2. The van der Waals surface area contributed by atoms with E-state index in [1.54, 1.807) is 7.05 Å². The Morgan fingerprint density at radius 3 is 2.50 bits per heavy atom. The zero-order chi connectivity index (χ0) is 26.4. The first-order valence-corrected chi connectivity index (χ1v) is 12.9. The van der Waals surface area contributed by atoms with Gasteiger partial charge in [-0.05, 0) is 31.4 Å². The molecule has 5 aromatic rings. The van der Waals surface area contributed by atoms with Crippen LogP contribution >= 0.6 is 0 Å². The van der Waals surface area contributed by atoms with Crippen LogP contribution in [0.4, 0.5) is 5.95 Å². The SMILES string of the molecule is Cc1nc(Cn2c(=O)c3c(nc(N4CCC[C@@H](N)C4)n3Cc3ccccc3)n(C)c2=O)nc2ccccc12. The molecule has 1 aliphatic heterocycles. The van der Waals surface area contributed by atoms with E-state index < -0.39 is 11.2 Å². The van der Waals surface area contributed by atoms with Crippen LogP contribution in [0.15, 0.2) is 64.2 Å². The van der Waals surface area contributed by atoms with Crippen LogP contribution in [-0.4, -0.2) is 47.8 Å². The van der Waals surface area contributed by atoms with Gasteiger partial charge in [0.05, 0.1) is 18.6 Å². The molecule has 0 spiro atoms. The molecule has 3 aromatic heterocycles. The lowest BCUT2D eigenvalue weighted by Crippen LogP contribution is -2.44. The lowest BCUT2D eigenvalue weighted by atomic mass is 10.1. The molecule has 0 unspecified atom stereocenters. The Kier molecular flexibility index (Phi) is 6.03. The van der Waals surface area contributed by atoms with E-state index in [1.807, 2.05) is 66.1 Å². The normalized spacial score (nSPS) is 16.0. The van der Waals surface area contributed by atoms with Crippen LogP contribution < -0.4 is 21.9 Å². The average molecular weight is 511 g/mol. The zero-order valence-corrected chi connectivity index (χ0v) is 21.5. The molecule has 0 amide bonds. The van der Waals surface area contributed by atoms with E-state index in [-0.39, 0.29) is 12.6 Å². The fourth-order valence-corrected chi connectivity index (χ4v) is 5.36. The number of aromatic nitrogens is 6. The number of piperidine rings is 1. The van der Waals surface area contributed by atoms with Crippen LogP contribution in [0.5, 0.6) is 0 Å². The van der Waals surface area contributed by atoms with E-state index in [9.17, 15) is 9.59 Å². The summed E-state index contributed by atoms with van der Waals surface area (Å²) in [6, 6.07) is 17.7. The number of hydrogen-bond donors (Lipinski definition) is 1. The molecule has 6 rings (SSSR count). The van der Waals surface area contributed by atoms with Gasteiger partial charge in [0, 0.05) is 37.3 Å². The number of benzene rings is 2. The van der Waals surface area contributed by atoms with Crippen LogP contribution in [0.25, 0.3) is 22.1 Å². The summed E-state index contributed by atoms with van der Waals surface area (Å²) in [4.78, 5) is 43.7. The van der Waals surface area contributed by atoms with Crippen LogP contribution in [0, 0.1) is 6.92 Å². The predicted octanol–water partition coefficient (Wildman–Crippen LogP) is 2.17. The summed E-state index contributed by atoms with van der Waals surface area (Å²) in [5.74, 6) is 1.07. The summed E-state index contributed by atoms with van der Waals surface area (Å²) in [6.45, 7) is 3.75. The molecule has 2 N–H and O–H groups in total. The topological polar surface area (TPSA) is 117 Å². The van der Waals surface area contributed by atoms with E-state index in [0.29, 0.717) is 36.0 Å². The number of fused-ring (bicyclic) bond motifs is 2. The molecule has 2 aromatic carbocycles. The lowest BCUT2D eigenvalue weighted by molar-refractivity contribution is 0.495. The minimum atomic E-state index is -0.455. The Balaban J connectivity index is 1.54. The highest BCUT2D eigenvalue weighted by molar-refractivity contribution is 5.80. The van der Waals surface area contributed by atoms with Crippen molar-refractivity contribution >= 4 is 28.0 Å². The summed E-state index contributed by atoms with van der Waals surface area (Å²) >= 11 is 0. The van der Waals surface area contributed by atoms with E-state index in [4.69, 9.17) is 10.7 Å². The van der Waals surface area contributed by atoms with Gasteiger partial charge in [-0.2, -0.15) is 4.98 Å². The molecule has 0 saturated carbocycles. The number of rotatable bonds is 5. The Bertz CT molecular complexity index is 1770. The molecule has 10 nitrogen and oxygen atoms in total. The van der Waals surface area contributed by atoms with Gasteiger partial charge in [0.1, 0.15) is 5.82 Å². The van der Waals surface area contributed by atoms with Crippen LogP contribution in [-0.2, 0) is 20.1 Å². The first-order valence-electron chi connectivity index (χ1n) is 12.9. The summed E-state index contributed by atoms with van der Waals surface area (Å²) in [6.07, 6.45) is 1.89. The van der Waals surface area contributed by atoms with Crippen molar-refractivity contribution in [2.75, 3.05) is 18.0 Å². The summed E-state index contributed by atoms with van der Waals surface area (Å²) in [7, 11) is 1.65. The molecule has 1 atom stereocenters. The highest BCUT2D eigenvalue weighted by Gasteiger charge is 2.26. The van der Waals surface area contributed by atoms with Crippen molar-refractivity contribution in [3.63, 3.8) is 0 Å². The first kappa shape index (κ1) is 24.1. The van der Waals surface area contributed by atoms with Gasteiger partial charge in [-0.1, -0.05) is 48.5 Å². The van der Waals surface area contributed by atoms with E-state index in [1.165, 1.54) is 9.13 Å². The number of anilines is 1. The van der Waals surface area contributed by atoms with Crippen molar-refractivity contribution in [2.24, 2.45) is 12.8 Å². The molecule has 1 saturated heterocycles. The maximum atomic E-state index is 14.0. The third-order valence-corrected chi connectivity index (χ3v) is 7.28. The van der Waals surface area contributed by atoms with Crippen molar-refractivity contribution in [1.82, 2.24) is 28.7 Å². The maximum Gasteiger partial charge on any atom is 0.332 e. The Labute approximate surface area is 219 Å². The summed E-state index contributed by atoms with van der Waals surface area (Å²) in [5.41, 5.74) is 8.77. The number of para-hydroxylation sites is 1. The third kappa shape index (κ3) is 4.16. The molecule has 38 heavy (non-hydrogen) atoms. The molecule has 194 valence electrons. The second kappa shape index (κ2) is 9.53. The summed E-state index contributed by atoms with van der Waals surface area (Å²) < 4.78 is 4.58. The Hall–Kier alpha value is -4.31. The number of aryl methyl sites for hydroxylation is 2. The van der Waals surface area contributed by atoms with Gasteiger partial charge in [-0.3, -0.25) is 18.5 Å². The van der Waals surface area contributed by atoms with E-state index in [0.717, 1.165) is 41.5 Å². The quantitative estimate of drug-likeness (QED) is 0.385. The van der Waals surface area contributed by atoms with E-state index in [2.05, 4.69) is 14.9 Å². The minimum absolute atomic E-state index is 0.0301. The monoisotopic (exact) mass is 510 g/mol. The van der Waals surface area contributed by atoms with Crippen LogP contribution in [0.2, 0.25) is 0 Å². The molecule has 1 fully saturated rings.